The Bertz CT molecular complexity index is 393. The molecule has 0 aliphatic carbocycles. The molecule has 0 aromatic carbocycles. The van der Waals surface area contributed by atoms with E-state index in [2.05, 4.69) is 15.0 Å². The maximum absolute atomic E-state index is 11.2. The first-order chi connectivity index (χ1) is 5.77. The minimum Gasteiger partial charge on any atom is -0.369 e. The molecule has 0 saturated carbocycles. The highest BCUT2D eigenvalue weighted by Gasteiger charge is 2.10. The van der Waals surface area contributed by atoms with Gasteiger partial charge in [0.05, 0.1) is 11.3 Å². The van der Waals surface area contributed by atoms with Crippen molar-refractivity contribution < 1.29 is 0 Å². The zero-order chi connectivity index (χ0) is 8.55. The zero-order valence-electron chi connectivity index (χ0n) is 6.37. The molecule has 2 rings (SSSR count). The fourth-order valence-corrected chi connectivity index (χ4v) is 1.20. The lowest BCUT2D eigenvalue weighted by Crippen LogP contribution is -2.22. The lowest BCUT2D eigenvalue weighted by Gasteiger charge is -2.07. The summed E-state index contributed by atoms with van der Waals surface area (Å²) in [5, 5.41) is 0. The third-order valence-corrected chi connectivity index (χ3v) is 1.75. The van der Waals surface area contributed by atoms with Gasteiger partial charge in [0, 0.05) is 19.2 Å². The first-order valence-electron chi connectivity index (χ1n) is 3.66. The third-order valence-electron chi connectivity index (χ3n) is 1.75. The molecule has 0 saturated heterocycles. The number of hydrogen-bond acceptors (Lipinski definition) is 4. The van der Waals surface area contributed by atoms with Crippen LogP contribution in [0.1, 0.15) is 11.3 Å². The lowest BCUT2D eigenvalue weighted by molar-refractivity contribution is 0.887. The number of anilines is 1. The van der Waals surface area contributed by atoms with E-state index in [4.69, 9.17) is 5.73 Å². The molecule has 1 aromatic rings. The molecule has 5 heteroatoms. The SMILES string of the molecule is Nc1nc2c(c(=O)[nH]1)C=NCC2. The topological polar surface area (TPSA) is 84.1 Å². The molecule has 0 unspecified atom stereocenters. The first kappa shape index (κ1) is 7.02. The Hall–Kier alpha value is -1.65. The Kier molecular flexibility index (Phi) is 1.43. The molecule has 0 amide bonds. The quantitative estimate of drug-likeness (QED) is 0.533. The van der Waals surface area contributed by atoms with Crippen LogP contribution in [0.4, 0.5) is 5.95 Å². The maximum Gasteiger partial charge on any atom is 0.261 e. The number of aliphatic imine (C=N–C) groups is 1. The van der Waals surface area contributed by atoms with E-state index in [1.807, 2.05) is 0 Å². The number of aromatic amines is 1. The minimum atomic E-state index is -0.207. The highest BCUT2D eigenvalue weighted by molar-refractivity contribution is 5.81. The van der Waals surface area contributed by atoms with Crippen LogP contribution in [-0.4, -0.2) is 22.7 Å². The summed E-state index contributed by atoms with van der Waals surface area (Å²) >= 11 is 0. The van der Waals surface area contributed by atoms with Crippen LogP contribution in [0.25, 0.3) is 0 Å². The van der Waals surface area contributed by atoms with Crippen molar-refractivity contribution in [1.82, 2.24) is 9.97 Å². The molecule has 3 N–H and O–H groups in total. The molecule has 0 atom stereocenters. The Morgan fingerprint density at radius 2 is 2.42 bits per heavy atom. The van der Waals surface area contributed by atoms with E-state index in [9.17, 15) is 4.79 Å². The van der Waals surface area contributed by atoms with Crippen molar-refractivity contribution in [2.45, 2.75) is 6.42 Å². The number of nitrogen functional groups attached to an aromatic ring is 1. The molecule has 1 aliphatic rings. The number of fused-ring (bicyclic) bond motifs is 1. The normalized spacial score (nSPS) is 14.3. The van der Waals surface area contributed by atoms with Crippen LogP contribution < -0.4 is 11.3 Å². The van der Waals surface area contributed by atoms with E-state index in [1.165, 1.54) is 0 Å². The Morgan fingerprint density at radius 1 is 1.58 bits per heavy atom. The van der Waals surface area contributed by atoms with E-state index in [1.54, 1.807) is 6.21 Å². The van der Waals surface area contributed by atoms with Gasteiger partial charge in [-0.15, -0.1) is 0 Å². The molecule has 5 nitrogen and oxygen atoms in total. The van der Waals surface area contributed by atoms with Gasteiger partial charge in [-0.2, -0.15) is 0 Å². The van der Waals surface area contributed by atoms with Gasteiger partial charge in [-0.3, -0.25) is 14.8 Å². The van der Waals surface area contributed by atoms with Crippen LogP contribution in [0, 0.1) is 0 Å². The molecule has 2 heterocycles. The number of aromatic nitrogens is 2. The highest BCUT2D eigenvalue weighted by atomic mass is 16.1. The molecular weight excluding hydrogens is 156 g/mol. The van der Waals surface area contributed by atoms with Gasteiger partial charge in [0.2, 0.25) is 5.95 Å². The van der Waals surface area contributed by atoms with Crippen LogP contribution >= 0.6 is 0 Å². The summed E-state index contributed by atoms with van der Waals surface area (Å²) in [4.78, 5) is 21.6. The molecule has 0 fully saturated rings. The second kappa shape index (κ2) is 2.44. The van der Waals surface area contributed by atoms with Gasteiger partial charge in [0.15, 0.2) is 0 Å². The molecule has 0 spiro atoms. The summed E-state index contributed by atoms with van der Waals surface area (Å²) < 4.78 is 0. The van der Waals surface area contributed by atoms with Crippen molar-refractivity contribution in [2.24, 2.45) is 4.99 Å². The zero-order valence-corrected chi connectivity index (χ0v) is 6.37. The molecule has 1 aromatic heterocycles. The number of nitrogens with two attached hydrogens (primary N) is 1. The number of nitrogens with zero attached hydrogens (tertiary/aromatic N) is 2. The van der Waals surface area contributed by atoms with Gasteiger partial charge in [-0.1, -0.05) is 0 Å². The van der Waals surface area contributed by atoms with Gasteiger partial charge < -0.3 is 5.73 Å². The fourth-order valence-electron chi connectivity index (χ4n) is 1.20. The van der Waals surface area contributed by atoms with Gasteiger partial charge >= 0.3 is 0 Å². The number of H-pyrrole nitrogens is 1. The van der Waals surface area contributed by atoms with Crippen molar-refractivity contribution >= 4 is 12.2 Å². The number of nitrogens with one attached hydrogen (secondary N) is 1. The smallest absolute Gasteiger partial charge is 0.261 e. The largest absolute Gasteiger partial charge is 0.369 e. The van der Waals surface area contributed by atoms with E-state index in [0.717, 1.165) is 5.69 Å². The van der Waals surface area contributed by atoms with Crippen molar-refractivity contribution in [3.63, 3.8) is 0 Å². The lowest BCUT2D eigenvalue weighted by atomic mass is 10.1. The highest BCUT2D eigenvalue weighted by Crippen LogP contribution is 2.04. The van der Waals surface area contributed by atoms with Crippen LogP contribution in [-0.2, 0) is 6.42 Å². The monoisotopic (exact) mass is 164 g/mol. The molecule has 0 radical (unpaired) electrons. The molecular formula is C7H8N4O. The predicted octanol–water partition coefficient (Wildman–Crippen LogP) is -0.673. The molecule has 1 aliphatic heterocycles. The van der Waals surface area contributed by atoms with Crippen molar-refractivity contribution in [2.75, 3.05) is 12.3 Å². The van der Waals surface area contributed by atoms with Gasteiger partial charge in [0.1, 0.15) is 0 Å². The summed E-state index contributed by atoms with van der Waals surface area (Å²) in [5.74, 6) is 0.175. The van der Waals surface area contributed by atoms with Crippen LogP contribution in [0.5, 0.6) is 0 Å². The third kappa shape index (κ3) is 0.990. The van der Waals surface area contributed by atoms with Crippen molar-refractivity contribution in [1.29, 1.82) is 0 Å². The first-order valence-corrected chi connectivity index (χ1v) is 3.66. The summed E-state index contributed by atoms with van der Waals surface area (Å²) in [5.41, 5.74) is 6.44. The number of hydrogen-bond donors (Lipinski definition) is 2. The molecule has 62 valence electrons. The minimum absolute atomic E-state index is 0.175. The van der Waals surface area contributed by atoms with Crippen LogP contribution in [0.3, 0.4) is 0 Å². The maximum atomic E-state index is 11.2. The second-order valence-corrected chi connectivity index (χ2v) is 2.60. The van der Waals surface area contributed by atoms with E-state index in [-0.39, 0.29) is 11.5 Å². The van der Waals surface area contributed by atoms with Crippen molar-refractivity contribution in [3.8, 4) is 0 Å². The Balaban J connectivity index is 2.71. The van der Waals surface area contributed by atoms with E-state index < -0.39 is 0 Å². The summed E-state index contributed by atoms with van der Waals surface area (Å²) in [6.07, 6.45) is 2.24. The summed E-state index contributed by atoms with van der Waals surface area (Å²) in [6, 6.07) is 0. The van der Waals surface area contributed by atoms with Crippen molar-refractivity contribution in [3.05, 3.63) is 21.6 Å². The van der Waals surface area contributed by atoms with Crippen LogP contribution in [0.15, 0.2) is 9.79 Å². The predicted molar refractivity (Wildman–Crippen MR) is 45.4 cm³/mol. The van der Waals surface area contributed by atoms with E-state index >= 15 is 0 Å². The van der Waals surface area contributed by atoms with Gasteiger partial charge in [-0.25, -0.2) is 4.98 Å². The van der Waals surface area contributed by atoms with E-state index in [0.29, 0.717) is 18.5 Å². The van der Waals surface area contributed by atoms with Crippen LogP contribution in [0.2, 0.25) is 0 Å². The standard InChI is InChI=1S/C7H8N4O/c8-7-10-5-1-2-9-3-4(5)6(12)11-7/h3H,1-2H2,(H3,8,10,11,12). The molecule has 0 bridgehead atoms. The Morgan fingerprint density at radius 3 is 3.25 bits per heavy atom. The summed E-state index contributed by atoms with van der Waals surface area (Å²) in [6.45, 7) is 0.683. The van der Waals surface area contributed by atoms with Gasteiger partial charge in [0.25, 0.3) is 5.56 Å². The average Bonchev–Trinajstić information content (AvgIpc) is 2.04. The fraction of sp³-hybridized carbons (Fsp3) is 0.286. The number of rotatable bonds is 0. The average molecular weight is 164 g/mol. The molecule has 12 heavy (non-hydrogen) atoms. The Labute approximate surface area is 68.4 Å². The van der Waals surface area contributed by atoms with Gasteiger partial charge in [-0.05, 0) is 0 Å². The summed E-state index contributed by atoms with van der Waals surface area (Å²) in [7, 11) is 0. The second-order valence-electron chi connectivity index (χ2n) is 2.60.